The molecular formula is C16H17N3O4S. The molecule has 2 rings (SSSR count). The van der Waals surface area contributed by atoms with E-state index in [1.54, 1.807) is 30.3 Å². The zero-order valence-electron chi connectivity index (χ0n) is 12.9. The number of nitrogens with zero attached hydrogens (tertiary/aromatic N) is 1. The van der Waals surface area contributed by atoms with E-state index < -0.39 is 26.8 Å². The molecule has 1 heterocycles. The molecule has 126 valence electrons. The Kier molecular flexibility index (Phi) is 4.99. The quantitative estimate of drug-likeness (QED) is 0.560. The summed E-state index contributed by atoms with van der Waals surface area (Å²) in [5.74, 6) is -2.34. The van der Waals surface area contributed by atoms with Crippen LogP contribution in [0.15, 0.2) is 47.4 Å². The second-order valence-electron chi connectivity index (χ2n) is 5.14. The van der Waals surface area contributed by atoms with E-state index in [1.807, 2.05) is 0 Å². The lowest BCUT2D eigenvalue weighted by Crippen LogP contribution is -2.29. The number of sulfone groups is 1. The number of hydrogen-bond donors (Lipinski definition) is 3. The van der Waals surface area contributed by atoms with Crippen LogP contribution in [0.5, 0.6) is 0 Å². The Bertz CT molecular complexity index is 876. The minimum atomic E-state index is -4.15. The number of carbonyl (C=O) groups is 1. The van der Waals surface area contributed by atoms with Crippen LogP contribution in [0.3, 0.4) is 0 Å². The first-order valence-electron chi connectivity index (χ1n) is 7.16. The summed E-state index contributed by atoms with van der Waals surface area (Å²) in [4.78, 5) is 15.1. The van der Waals surface area contributed by atoms with Crippen molar-refractivity contribution in [2.75, 3.05) is 5.73 Å². The molecule has 0 spiro atoms. The molecule has 2 aromatic rings. The number of nitrogen functional groups attached to an aromatic ring is 1. The highest BCUT2D eigenvalue weighted by molar-refractivity contribution is 8.06. The number of aromatic nitrogens is 1. The SMILES string of the molecule is CC[C@@H](C(=N)S(=O)(=O)c1ccc(-c2cccc(N)n2)cc1)C(=O)O. The lowest BCUT2D eigenvalue weighted by Gasteiger charge is -2.12. The monoisotopic (exact) mass is 347 g/mol. The van der Waals surface area contributed by atoms with Gasteiger partial charge in [0.25, 0.3) is 0 Å². The third-order valence-corrected chi connectivity index (χ3v) is 5.30. The van der Waals surface area contributed by atoms with Crippen LogP contribution >= 0.6 is 0 Å². The number of nitrogens with one attached hydrogen (secondary N) is 1. The van der Waals surface area contributed by atoms with Crippen LogP contribution in [-0.4, -0.2) is 29.5 Å². The van der Waals surface area contributed by atoms with E-state index in [9.17, 15) is 13.2 Å². The third kappa shape index (κ3) is 3.43. The van der Waals surface area contributed by atoms with Crippen LogP contribution < -0.4 is 5.73 Å². The predicted molar refractivity (Wildman–Crippen MR) is 90.4 cm³/mol. The van der Waals surface area contributed by atoms with Gasteiger partial charge in [-0.25, -0.2) is 13.4 Å². The molecule has 1 atom stereocenters. The van der Waals surface area contributed by atoms with Crippen molar-refractivity contribution in [2.45, 2.75) is 18.2 Å². The minimum Gasteiger partial charge on any atom is -0.481 e. The molecule has 1 aromatic carbocycles. The zero-order chi connectivity index (χ0) is 17.9. The average Bonchev–Trinajstić information content (AvgIpc) is 2.55. The number of carboxylic acids is 1. The molecule has 0 unspecified atom stereocenters. The summed E-state index contributed by atoms with van der Waals surface area (Å²) in [7, 11) is -4.15. The normalized spacial score (nSPS) is 12.5. The maximum Gasteiger partial charge on any atom is 0.313 e. The van der Waals surface area contributed by atoms with E-state index in [0.29, 0.717) is 17.1 Å². The van der Waals surface area contributed by atoms with Gasteiger partial charge in [-0.2, -0.15) is 0 Å². The average molecular weight is 347 g/mol. The molecule has 0 bridgehead atoms. The summed E-state index contributed by atoms with van der Waals surface area (Å²) >= 11 is 0. The van der Waals surface area contributed by atoms with Crippen molar-refractivity contribution in [1.29, 1.82) is 5.41 Å². The lowest BCUT2D eigenvalue weighted by molar-refractivity contribution is -0.139. The molecule has 0 saturated heterocycles. The fraction of sp³-hybridized carbons (Fsp3) is 0.188. The lowest BCUT2D eigenvalue weighted by atomic mass is 10.1. The Labute approximate surface area is 139 Å². The summed E-state index contributed by atoms with van der Waals surface area (Å²) in [5, 5.41) is 16.0. The molecule has 7 nitrogen and oxygen atoms in total. The maximum absolute atomic E-state index is 12.4. The van der Waals surface area contributed by atoms with E-state index in [1.165, 1.54) is 19.1 Å². The summed E-state index contributed by atoms with van der Waals surface area (Å²) in [6.45, 7) is 1.53. The first-order chi connectivity index (χ1) is 11.3. The third-order valence-electron chi connectivity index (χ3n) is 3.54. The number of rotatable bonds is 5. The number of anilines is 1. The molecule has 8 heteroatoms. The zero-order valence-corrected chi connectivity index (χ0v) is 13.7. The van der Waals surface area contributed by atoms with Crippen molar-refractivity contribution < 1.29 is 18.3 Å². The van der Waals surface area contributed by atoms with Gasteiger partial charge < -0.3 is 10.8 Å². The van der Waals surface area contributed by atoms with Crippen molar-refractivity contribution in [2.24, 2.45) is 5.92 Å². The van der Waals surface area contributed by atoms with Crippen LogP contribution in [0.1, 0.15) is 13.3 Å². The number of aliphatic carboxylic acids is 1. The molecule has 4 N–H and O–H groups in total. The van der Waals surface area contributed by atoms with Crippen LogP contribution in [0.2, 0.25) is 0 Å². The van der Waals surface area contributed by atoms with Gasteiger partial charge in [0.15, 0.2) is 0 Å². The van der Waals surface area contributed by atoms with Crippen LogP contribution in [0.25, 0.3) is 11.3 Å². The van der Waals surface area contributed by atoms with Gasteiger partial charge >= 0.3 is 5.97 Å². The molecule has 0 amide bonds. The summed E-state index contributed by atoms with van der Waals surface area (Å²) in [6.07, 6.45) is 0.0265. The standard InChI is InChI=1S/C16H17N3O4S/c1-2-12(16(20)21)15(18)24(22,23)11-8-6-10(7-9-11)13-4-3-5-14(17)19-13/h3-9,12,18H,2H2,1H3,(H2,17,19)(H,20,21)/t12-/m0/s1. The molecule has 1 aromatic heterocycles. The minimum absolute atomic E-state index is 0.0265. The van der Waals surface area contributed by atoms with Gasteiger partial charge in [0.05, 0.1) is 10.6 Å². The van der Waals surface area contributed by atoms with E-state index in [4.69, 9.17) is 16.2 Å². The molecule has 0 fully saturated rings. The van der Waals surface area contributed by atoms with E-state index in [-0.39, 0.29) is 11.3 Å². The summed E-state index contributed by atoms with van der Waals surface area (Å²) in [6, 6.07) is 10.9. The molecule has 0 saturated carbocycles. The first kappa shape index (κ1) is 17.6. The van der Waals surface area contributed by atoms with E-state index >= 15 is 0 Å². The maximum atomic E-state index is 12.4. The highest BCUT2D eigenvalue weighted by Gasteiger charge is 2.32. The second kappa shape index (κ2) is 6.79. The number of benzene rings is 1. The van der Waals surface area contributed by atoms with Gasteiger partial charge in [0.1, 0.15) is 16.8 Å². The van der Waals surface area contributed by atoms with Crippen molar-refractivity contribution in [1.82, 2.24) is 4.98 Å². The smallest absolute Gasteiger partial charge is 0.313 e. The second-order valence-corrected chi connectivity index (χ2v) is 7.06. The Morgan fingerprint density at radius 1 is 1.25 bits per heavy atom. The molecule has 0 aliphatic carbocycles. The predicted octanol–water partition coefficient (Wildman–Crippen LogP) is 2.19. The Hall–Kier alpha value is -2.74. The van der Waals surface area contributed by atoms with Crippen LogP contribution in [0, 0.1) is 11.3 Å². The van der Waals surface area contributed by atoms with Gasteiger partial charge in [0.2, 0.25) is 9.84 Å². The molecular weight excluding hydrogens is 330 g/mol. The van der Waals surface area contributed by atoms with Crippen LogP contribution in [-0.2, 0) is 14.6 Å². The number of nitrogens with two attached hydrogens (primary N) is 1. The molecule has 0 radical (unpaired) electrons. The first-order valence-corrected chi connectivity index (χ1v) is 8.65. The molecule has 24 heavy (non-hydrogen) atoms. The van der Waals surface area contributed by atoms with Crippen molar-refractivity contribution in [3.05, 3.63) is 42.5 Å². The molecule has 0 aliphatic heterocycles. The molecule has 0 aliphatic rings. The number of pyridine rings is 1. The van der Waals surface area contributed by atoms with Gasteiger partial charge in [0, 0.05) is 5.56 Å². The van der Waals surface area contributed by atoms with Crippen molar-refractivity contribution >= 4 is 26.7 Å². The van der Waals surface area contributed by atoms with Gasteiger partial charge in [-0.3, -0.25) is 10.2 Å². The Morgan fingerprint density at radius 2 is 1.88 bits per heavy atom. The largest absolute Gasteiger partial charge is 0.481 e. The number of hydrogen-bond acceptors (Lipinski definition) is 6. The van der Waals surface area contributed by atoms with Gasteiger partial charge in [-0.05, 0) is 30.7 Å². The van der Waals surface area contributed by atoms with Crippen molar-refractivity contribution in [3.8, 4) is 11.3 Å². The van der Waals surface area contributed by atoms with Gasteiger partial charge in [-0.1, -0.05) is 25.1 Å². The Morgan fingerprint density at radius 3 is 2.38 bits per heavy atom. The number of carboxylic acid groups (broad SMARTS) is 1. The van der Waals surface area contributed by atoms with Gasteiger partial charge in [-0.15, -0.1) is 0 Å². The highest BCUT2D eigenvalue weighted by Crippen LogP contribution is 2.23. The van der Waals surface area contributed by atoms with Crippen molar-refractivity contribution in [3.63, 3.8) is 0 Å². The van der Waals surface area contributed by atoms with E-state index in [2.05, 4.69) is 4.98 Å². The fourth-order valence-electron chi connectivity index (χ4n) is 2.20. The summed E-state index contributed by atoms with van der Waals surface area (Å²) in [5.41, 5.74) is 6.87. The van der Waals surface area contributed by atoms with Crippen LogP contribution in [0.4, 0.5) is 5.82 Å². The Balaban J connectivity index is 2.36. The van der Waals surface area contributed by atoms with E-state index in [0.717, 1.165) is 0 Å². The topological polar surface area (TPSA) is 134 Å². The summed E-state index contributed by atoms with van der Waals surface area (Å²) < 4.78 is 24.8. The fourth-order valence-corrected chi connectivity index (χ4v) is 3.59. The highest BCUT2D eigenvalue weighted by atomic mass is 32.2.